The molecule has 0 fully saturated rings. The molecule has 2 amide bonds. The van der Waals surface area contributed by atoms with Crippen LogP contribution in [0.4, 0.5) is 4.79 Å². The first-order valence-corrected chi connectivity index (χ1v) is 4.81. The number of hydrogen-bond donors (Lipinski definition) is 1. The summed E-state index contributed by atoms with van der Waals surface area (Å²) >= 11 is 0. The molecule has 0 spiro atoms. The van der Waals surface area contributed by atoms with E-state index in [0.717, 1.165) is 6.42 Å². The third-order valence-electron chi connectivity index (χ3n) is 2.44. The molecule has 0 radical (unpaired) electrons. The van der Waals surface area contributed by atoms with Crippen LogP contribution in [0.1, 0.15) is 27.2 Å². The van der Waals surface area contributed by atoms with E-state index in [2.05, 4.69) is 26.1 Å². The highest BCUT2D eigenvalue weighted by molar-refractivity contribution is 5.77. The maximum atomic E-state index is 11.3. The largest absolute Gasteiger partial charge is 0.331 e. The molecule has 0 saturated carbocycles. The summed E-state index contributed by atoms with van der Waals surface area (Å²) in [5, 5.41) is 2.97. The van der Waals surface area contributed by atoms with Gasteiger partial charge in [0.05, 0.1) is 6.04 Å². The monoisotopic (exact) mass is 182 g/mol. The van der Waals surface area contributed by atoms with Crippen molar-refractivity contribution in [3.8, 4) is 0 Å². The standard InChI is InChI=1S/C10H18N2O/c1-5-9-8(7(2)3)6-12(4)10(13)11-9/h6-7,9H,5H2,1-4H3,(H,11,13)/t9-/m1/s1. The third-order valence-corrected chi connectivity index (χ3v) is 2.44. The van der Waals surface area contributed by atoms with Gasteiger partial charge in [-0.2, -0.15) is 0 Å². The van der Waals surface area contributed by atoms with Gasteiger partial charge in [0.15, 0.2) is 0 Å². The number of urea groups is 1. The lowest BCUT2D eigenvalue weighted by molar-refractivity contribution is 0.213. The molecule has 1 aliphatic rings. The first-order chi connectivity index (χ1) is 6.06. The van der Waals surface area contributed by atoms with Crippen LogP contribution in [0.15, 0.2) is 11.8 Å². The van der Waals surface area contributed by atoms with E-state index in [9.17, 15) is 4.79 Å². The van der Waals surface area contributed by atoms with Gasteiger partial charge in [-0.15, -0.1) is 0 Å². The van der Waals surface area contributed by atoms with E-state index < -0.39 is 0 Å². The summed E-state index contributed by atoms with van der Waals surface area (Å²) in [6.07, 6.45) is 2.92. The van der Waals surface area contributed by atoms with Crippen molar-refractivity contribution in [3.63, 3.8) is 0 Å². The Morgan fingerprint density at radius 3 is 2.69 bits per heavy atom. The van der Waals surface area contributed by atoms with Crippen molar-refractivity contribution in [2.75, 3.05) is 7.05 Å². The van der Waals surface area contributed by atoms with Gasteiger partial charge in [0.2, 0.25) is 0 Å². The Morgan fingerprint density at radius 1 is 1.62 bits per heavy atom. The van der Waals surface area contributed by atoms with E-state index in [1.165, 1.54) is 5.57 Å². The van der Waals surface area contributed by atoms with Crippen molar-refractivity contribution in [1.82, 2.24) is 10.2 Å². The van der Waals surface area contributed by atoms with E-state index in [0.29, 0.717) is 5.92 Å². The van der Waals surface area contributed by atoms with Crippen molar-refractivity contribution in [2.45, 2.75) is 33.2 Å². The molecule has 0 aromatic carbocycles. The maximum absolute atomic E-state index is 11.3. The van der Waals surface area contributed by atoms with Crippen molar-refractivity contribution >= 4 is 6.03 Å². The smallest absolute Gasteiger partial charge is 0.321 e. The van der Waals surface area contributed by atoms with Gasteiger partial charge < -0.3 is 10.2 Å². The van der Waals surface area contributed by atoms with E-state index in [-0.39, 0.29) is 12.1 Å². The average Bonchev–Trinajstić information content (AvgIpc) is 2.08. The first kappa shape index (κ1) is 10.1. The van der Waals surface area contributed by atoms with Gasteiger partial charge in [-0.3, -0.25) is 0 Å². The maximum Gasteiger partial charge on any atom is 0.321 e. The summed E-state index contributed by atoms with van der Waals surface area (Å²) in [4.78, 5) is 12.9. The molecular weight excluding hydrogens is 164 g/mol. The van der Waals surface area contributed by atoms with E-state index in [1.807, 2.05) is 6.20 Å². The highest BCUT2D eigenvalue weighted by Gasteiger charge is 2.24. The van der Waals surface area contributed by atoms with Gasteiger partial charge in [-0.25, -0.2) is 4.79 Å². The molecule has 0 saturated heterocycles. The second-order valence-corrected chi connectivity index (χ2v) is 3.81. The zero-order valence-electron chi connectivity index (χ0n) is 8.79. The van der Waals surface area contributed by atoms with Crippen LogP contribution in [0, 0.1) is 5.92 Å². The van der Waals surface area contributed by atoms with Crippen LogP contribution in [-0.4, -0.2) is 24.0 Å². The van der Waals surface area contributed by atoms with Gasteiger partial charge in [-0.1, -0.05) is 20.8 Å². The molecule has 1 rings (SSSR count). The van der Waals surface area contributed by atoms with Crippen LogP contribution in [0.2, 0.25) is 0 Å². The van der Waals surface area contributed by atoms with E-state index >= 15 is 0 Å². The SMILES string of the molecule is CC[C@H]1NC(=O)N(C)C=C1C(C)C. The topological polar surface area (TPSA) is 32.3 Å². The van der Waals surface area contributed by atoms with Crippen molar-refractivity contribution < 1.29 is 4.79 Å². The summed E-state index contributed by atoms with van der Waals surface area (Å²) in [6.45, 7) is 6.39. The van der Waals surface area contributed by atoms with Crippen LogP contribution in [-0.2, 0) is 0 Å². The van der Waals surface area contributed by atoms with Gasteiger partial charge in [-0.05, 0) is 17.9 Å². The molecule has 1 N–H and O–H groups in total. The lowest BCUT2D eigenvalue weighted by Gasteiger charge is -2.31. The highest BCUT2D eigenvalue weighted by Crippen LogP contribution is 2.20. The fourth-order valence-electron chi connectivity index (χ4n) is 1.60. The van der Waals surface area contributed by atoms with Crippen LogP contribution in [0.25, 0.3) is 0 Å². The molecule has 0 aromatic rings. The molecule has 0 aromatic heterocycles. The van der Waals surface area contributed by atoms with Gasteiger partial charge in [0.25, 0.3) is 0 Å². The van der Waals surface area contributed by atoms with Crippen LogP contribution in [0.5, 0.6) is 0 Å². The predicted molar refractivity (Wildman–Crippen MR) is 53.3 cm³/mol. The fraction of sp³-hybridized carbons (Fsp3) is 0.700. The molecule has 1 atom stereocenters. The van der Waals surface area contributed by atoms with Crippen LogP contribution >= 0.6 is 0 Å². The Balaban J connectivity index is 2.88. The summed E-state index contributed by atoms with van der Waals surface area (Å²) in [7, 11) is 1.78. The average molecular weight is 182 g/mol. The van der Waals surface area contributed by atoms with E-state index in [1.54, 1.807) is 11.9 Å². The zero-order valence-corrected chi connectivity index (χ0v) is 8.79. The van der Waals surface area contributed by atoms with Gasteiger partial charge in [0, 0.05) is 13.2 Å². The van der Waals surface area contributed by atoms with Crippen molar-refractivity contribution in [2.24, 2.45) is 5.92 Å². The Bertz CT molecular complexity index is 233. The minimum atomic E-state index is -0.00347. The summed E-state index contributed by atoms with van der Waals surface area (Å²) in [5.41, 5.74) is 1.31. The summed E-state index contributed by atoms with van der Waals surface area (Å²) in [5.74, 6) is 0.494. The first-order valence-electron chi connectivity index (χ1n) is 4.81. The Kier molecular flexibility index (Phi) is 2.96. The van der Waals surface area contributed by atoms with Crippen LogP contribution in [0.3, 0.4) is 0 Å². The number of amides is 2. The lowest BCUT2D eigenvalue weighted by Crippen LogP contribution is -2.47. The Hall–Kier alpha value is -0.990. The molecule has 74 valence electrons. The zero-order chi connectivity index (χ0) is 10.0. The minimum absolute atomic E-state index is 0.00347. The summed E-state index contributed by atoms with van der Waals surface area (Å²) in [6, 6.07) is 0.222. The number of nitrogens with zero attached hydrogens (tertiary/aromatic N) is 1. The highest BCUT2D eigenvalue weighted by atomic mass is 16.2. The second kappa shape index (κ2) is 3.81. The number of hydrogen-bond acceptors (Lipinski definition) is 1. The lowest BCUT2D eigenvalue weighted by atomic mass is 9.94. The predicted octanol–water partition coefficient (Wildman–Crippen LogP) is 1.96. The molecule has 13 heavy (non-hydrogen) atoms. The molecule has 0 aliphatic carbocycles. The Morgan fingerprint density at radius 2 is 2.23 bits per heavy atom. The third kappa shape index (κ3) is 2.02. The molecule has 1 heterocycles. The Labute approximate surface area is 79.8 Å². The van der Waals surface area contributed by atoms with Crippen molar-refractivity contribution in [1.29, 1.82) is 0 Å². The molecule has 0 bridgehead atoms. The fourth-order valence-corrected chi connectivity index (χ4v) is 1.60. The molecule has 3 heteroatoms. The normalized spacial score (nSPS) is 23.2. The van der Waals surface area contributed by atoms with Gasteiger partial charge >= 0.3 is 6.03 Å². The molecule has 1 aliphatic heterocycles. The van der Waals surface area contributed by atoms with Crippen LogP contribution < -0.4 is 5.32 Å². The van der Waals surface area contributed by atoms with Crippen molar-refractivity contribution in [3.05, 3.63) is 11.8 Å². The number of nitrogens with one attached hydrogen (secondary N) is 1. The quantitative estimate of drug-likeness (QED) is 0.695. The molecule has 0 unspecified atom stereocenters. The number of carbonyl (C=O) groups excluding carboxylic acids is 1. The summed E-state index contributed by atoms with van der Waals surface area (Å²) < 4.78 is 0. The number of rotatable bonds is 2. The molecular formula is C10H18N2O. The number of carbonyl (C=O) groups is 1. The molecule has 3 nitrogen and oxygen atoms in total. The van der Waals surface area contributed by atoms with Gasteiger partial charge in [0.1, 0.15) is 0 Å². The second-order valence-electron chi connectivity index (χ2n) is 3.81. The van der Waals surface area contributed by atoms with E-state index in [4.69, 9.17) is 0 Å². The minimum Gasteiger partial charge on any atom is -0.331 e.